The first-order valence-corrected chi connectivity index (χ1v) is 5.82. The van der Waals surface area contributed by atoms with Crippen molar-refractivity contribution in [3.8, 4) is 0 Å². The molecule has 13 heavy (non-hydrogen) atoms. The number of hydrogen-bond donors (Lipinski definition) is 0. The van der Waals surface area contributed by atoms with E-state index in [2.05, 4.69) is 25.7 Å². The SMILES string of the molecule is CC(C)(C)N1CCCC12CCCC2. The predicted molar refractivity (Wildman–Crippen MR) is 56.9 cm³/mol. The molecule has 0 N–H and O–H groups in total. The first kappa shape index (κ1) is 9.51. The van der Waals surface area contributed by atoms with Gasteiger partial charge in [0.05, 0.1) is 0 Å². The molecule has 76 valence electrons. The predicted octanol–water partition coefficient (Wildman–Crippen LogP) is 3.19. The molecule has 0 bridgehead atoms. The normalized spacial score (nSPS) is 28.8. The fourth-order valence-electron chi connectivity index (χ4n) is 3.54. The van der Waals surface area contributed by atoms with Crippen LogP contribution in [0.1, 0.15) is 59.3 Å². The zero-order valence-electron chi connectivity index (χ0n) is 9.40. The van der Waals surface area contributed by atoms with E-state index in [1.54, 1.807) is 0 Å². The third-order valence-electron chi connectivity index (χ3n) is 3.94. The van der Waals surface area contributed by atoms with Crippen LogP contribution in [0.15, 0.2) is 0 Å². The van der Waals surface area contributed by atoms with Gasteiger partial charge in [-0.15, -0.1) is 0 Å². The zero-order chi connectivity index (χ0) is 9.53. The van der Waals surface area contributed by atoms with Crippen molar-refractivity contribution >= 4 is 0 Å². The van der Waals surface area contributed by atoms with E-state index in [4.69, 9.17) is 0 Å². The van der Waals surface area contributed by atoms with Gasteiger partial charge in [0.2, 0.25) is 0 Å². The Labute approximate surface area is 82.5 Å². The molecule has 1 heteroatoms. The van der Waals surface area contributed by atoms with Crippen molar-refractivity contribution in [2.24, 2.45) is 0 Å². The summed E-state index contributed by atoms with van der Waals surface area (Å²) in [5.74, 6) is 0. The van der Waals surface area contributed by atoms with Crippen molar-refractivity contribution in [2.45, 2.75) is 70.4 Å². The summed E-state index contributed by atoms with van der Waals surface area (Å²) in [6, 6.07) is 0. The quantitative estimate of drug-likeness (QED) is 0.555. The molecule has 2 rings (SSSR count). The van der Waals surface area contributed by atoms with Gasteiger partial charge in [0.1, 0.15) is 0 Å². The fraction of sp³-hybridized carbons (Fsp3) is 1.00. The lowest BCUT2D eigenvalue weighted by Gasteiger charge is -2.44. The van der Waals surface area contributed by atoms with E-state index in [-0.39, 0.29) is 0 Å². The Kier molecular flexibility index (Phi) is 2.18. The topological polar surface area (TPSA) is 3.24 Å². The number of nitrogens with zero attached hydrogens (tertiary/aromatic N) is 1. The van der Waals surface area contributed by atoms with Crippen LogP contribution in [0.25, 0.3) is 0 Å². The van der Waals surface area contributed by atoms with E-state index in [1.165, 1.54) is 45.1 Å². The highest BCUT2D eigenvalue weighted by atomic mass is 15.3. The van der Waals surface area contributed by atoms with E-state index in [1.807, 2.05) is 0 Å². The molecule has 1 heterocycles. The molecule has 2 aliphatic rings. The lowest BCUT2D eigenvalue weighted by Crippen LogP contribution is -2.51. The summed E-state index contributed by atoms with van der Waals surface area (Å²) in [7, 11) is 0. The van der Waals surface area contributed by atoms with Crippen LogP contribution >= 0.6 is 0 Å². The molecule has 2 fully saturated rings. The Morgan fingerprint density at radius 2 is 1.46 bits per heavy atom. The molecule has 0 aromatic heterocycles. The molecule has 1 aliphatic carbocycles. The minimum absolute atomic E-state index is 0.390. The average molecular weight is 181 g/mol. The van der Waals surface area contributed by atoms with Crippen molar-refractivity contribution < 1.29 is 0 Å². The van der Waals surface area contributed by atoms with Crippen LogP contribution in [0, 0.1) is 0 Å². The van der Waals surface area contributed by atoms with E-state index < -0.39 is 0 Å². The summed E-state index contributed by atoms with van der Waals surface area (Å²) >= 11 is 0. The van der Waals surface area contributed by atoms with Gasteiger partial charge in [-0.25, -0.2) is 0 Å². The maximum Gasteiger partial charge on any atom is 0.0215 e. The highest BCUT2D eigenvalue weighted by Gasteiger charge is 2.46. The Hall–Kier alpha value is -0.0400. The minimum Gasteiger partial charge on any atom is -0.293 e. The van der Waals surface area contributed by atoms with Gasteiger partial charge in [-0.1, -0.05) is 12.8 Å². The van der Waals surface area contributed by atoms with Crippen LogP contribution in [0.3, 0.4) is 0 Å². The molecular formula is C12H23N. The maximum atomic E-state index is 2.78. The molecule has 1 nitrogen and oxygen atoms in total. The van der Waals surface area contributed by atoms with Crippen molar-refractivity contribution in [2.75, 3.05) is 6.54 Å². The van der Waals surface area contributed by atoms with Crippen molar-refractivity contribution in [1.29, 1.82) is 0 Å². The van der Waals surface area contributed by atoms with Gasteiger partial charge in [0, 0.05) is 11.1 Å². The van der Waals surface area contributed by atoms with Gasteiger partial charge in [0.25, 0.3) is 0 Å². The lowest BCUT2D eigenvalue weighted by molar-refractivity contribution is 0.0474. The molecule has 0 aromatic carbocycles. The molecule has 1 spiro atoms. The summed E-state index contributed by atoms with van der Waals surface area (Å²) in [5, 5.41) is 0. The number of rotatable bonds is 0. The van der Waals surface area contributed by atoms with Crippen molar-refractivity contribution in [3.63, 3.8) is 0 Å². The van der Waals surface area contributed by atoms with Gasteiger partial charge < -0.3 is 0 Å². The van der Waals surface area contributed by atoms with Gasteiger partial charge >= 0.3 is 0 Å². The molecule has 0 aromatic rings. The molecule has 0 unspecified atom stereocenters. The molecule has 0 radical (unpaired) electrons. The van der Waals surface area contributed by atoms with E-state index in [0.29, 0.717) is 11.1 Å². The van der Waals surface area contributed by atoms with Crippen LogP contribution in [0.5, 0.6) is 0 Å². The van der Waals surface area contributed by atoms with Gasteiger partial charge in [-0.3, -0.25) is 4.90 Å². The van der Waals surface area contributed by atoms with Crippen LogP contribution in [-0.4, -0.2) is 22.5 Å². The molecule has 0 amide bonds. The summed E-state index contributed by atoms with van der Waals surface area (Å²) in [6.45, 7) is 8.46. The molecular weight excluding hydrogens is 158 g/mol. The Balaban J connectivity index is 2.18. The smallest absolute Gasteiger partial charge is 0.0215 e. The lowest BCUT2D eigenvalue weighted by atomic mass is 9.90. The number of hydrogen-bond acceptors (Lipinski definition) is 1. The number of likely N-dealkylation sites (tertiary alicyclic amines) is 1. The van der Waals surface area contributed by atoms with Crippen LogP contribution < -0.4 is 0 Å². The van der Waals surface area contributed by atoms with Crippen molar-refractivity contribution in [1.82, 2.24) is 4.90 Å². The highest BCUT2D eigenvalue weighted by Crippen LogP contribution is 2.46. The fourth-order valence-corrected chi connectivity index (χ4v) is 3.54. The minimum atomic E-state index is 0.390. The Morgan fingerprint density at radius 3 is 2.00 bits per heavy atom. The van der Waals surface area contributed by atoms with Crippen molar-refractivity contribution in [3.05, 3.63) is 0 Å². The first-order valence-electron chi connectivity index (χ1n) is 5.82. The van der Waals surface area contributed by atoms with Crippen LogP contribution in [-0.2, 0) is 0 Å². The monoisotopic (exact) mass is 181 g/mol. The second-order valence-corrected chi connectivity index (χ2v) is 5.86. The molecule has 1 saturated heterocycles. The Bertz CT molecular complexity index is 178. The standard InChI is InChI=1S/C12H23N/c1-11(2,3)13-10-6-9-12(13)7-4-5-8-12/h4-10H2,1-3H3. The van der Waals surface area contributed by atoms with E-state index in [0.717, 1.165) is 0 Å². The van der Waals surface area contributed by atoms with Gasteiger partial charge in [0.15, 0.2) is 0 Å². The summed E-state index contributed by atoms with van der Waals surface area (Å²) in [5.41, 5.74) is 1.01. The zero-order valence-corrected chi connectivity index (χ0v) is 9.40. The Morgan fingerprint density at radius 1 is 0.923 bits per heavy atom. The molecule has 1 aliphatic heterocycles. The average Bonchev–Trinajstić information content (AvgIpc) is 2.60. The third-order valence-corrected chi connectivity index (χ3v) is 3.94. The third kappa shape index (κ3) is 1.52. The first-order chi connectivity index (χ1) is 6.05. The summed E-state index contributed by atoms with van der Waals surface area (Å²) in [6.07, 6.45) is 8.75. The second kappa shape index (κ2) is 2.98. The highest BCUT2D eigenvalue weighted by molar-refractivity contribution is 5.02. The summed E-state index contributed by atoms with van der Waals surface area (Å²) in [4.78, 5) is 2.78. The second-order valence-electron chi connectivity index (χ2n) is 5.86. The molecule has 1 saturated carbocycles. The van der Waals surface area contributed by atoms with Gasteiger partial charge in [-0.2, -0.15) is 0 Å². The summed E-state index contributed by atoms with van der Waals surface area (Å²) < 4.78 is 0. The largest absolute Gasteiger partial charge is 0.293 e. The maximum absolute atomic E-state index is 2.78. The van der Waals surface area contributed by atoms with Gasteiger partial charge in [-0.05, 0) is 53.0 Å². The molecule has 0 atom stereocenters. The van der Waals surface area contributed by atoms with E-state index in [9.17, 15) is 0 Å². The van der Waals surface area contributed by atoms with Crippen LogP contribution in [0.4, 0.5) is 0 Å². The van der Waals surface area contributed by atoms with Crippen LogP contribution in [0.2, 0.25) is 0 Å². The van der Waals surface area contributed by atoms with E-state index >= 15 is 0 Å².